The molecule has 0 saturated carbocycles. The highest BCUT2D eigenvalue weighted by Crippen LogP contribution is 2.02. The molecule has 1 rings (SSSR count). The zero-order chi connectivity index (χ0) is 17.1. The van der Waals surface area contributed by atoms with Crippen LogP contribution in [0.25, 0.3) is 0 Å². The van der Waals surface area contributed by atoms with Gasteiger partial charge in [-0.05, 0) is 32.1 Å². The molecule has 1 aromatic heterocycles. The lowest BCUT2D eigenvalue weighted by Crippen LogP contribution is -2.38. The van der Waals surface area contributed by atoms with E-state index >= 15 is 0 Å². The number of methoxy groups -OCH3 is 1. The van der Waals surface area contributed by atoms with Crippen LogP contribution in [0.4, 0.5) is 0 Å². The summed E-state index contributed by atoms with van der Waals surface area (Å²) in [5, 5.41) is 14.9. The molecule has 7 nitrogen and oxygen atoms in total. The Bertz CT molecular complexity index is 469. The SMILES string of the molecule is COCCCNC(=NCc1nnc(C)n1C)NCCCC(C)C. The van der Waals surface area contributed by atoms with Crippen molar-refractivity contribution < 1.29 is 4.74 Å². The number of hydrogen-bond donors (Lipinski definition) is 2. The Kier molecular flexibility index (Phi) is 9.28. The Labute approximate surface area is 139 Å². The lowest BCUT2D eigenvalue weighted by molar-refractivity contribution is 0.195. The molecular formula is C16H32N6O. The number of rotatable bonds is 10. The van der Waals surface area contributed by atoms with Crippen molar-refractivity contribution in [3.05, 3.63) is 11.6 Å². The van der Waals surface area contributed by atoms with Gasteiger partial charge in [-0.15, -0.1) is 10.2 Å². The molecule has 2 N–H and O–H groups in total. The Balaban J connectivity index is 2.50. The maximum Gasteiger partial charge on any atom is 0.191 e. The molecule has 0 aromatic carbocycles. The van der Waals surface area contributed by atoms with Crippen molar-refractivity contribution in [3.8, 4) is 0 Å². The molecule has 7 heteroatoms. The summed E-state index contributed by atoms with van der Waals surface area (Å²) in [6.45, 7) is 9.45. The summed E-state index contributed by atoms with van der Waals surface area (Å²) < 4.78 is 7.04. The van der Waals surface area contributed by atoms with E-state index in [0.717, 1.165) is 56.1 Å². The van der Waals surface area contributed by atoms with Crippen LogP contribution in [0.1, 0.15) is 44.8 Å². The number of nitrogens with one attached hydrogen (secondary N) is 2. The molecule has 23 heavy (non-hydrogen) atoms. The first kappa shape index (κ1) is 19.4. The second-order valence-electron chi connectivity index (χ2n) is 6.12. The van der Waals surface area contributed by atoms with Gasteiger partial charge in [0, 0.05) is 33.9 Å². The van der Waals surface area contributed by atoms with Crippen LogP contribution >= 0.6 is 0 Å². The molecule has 132 valence electrons. The van der Waals surface area contributed by atoms with Gasteiger partial charge in [-0.1, -0.05) is 13.8 Å². The van der Waals surface area contributed by atoms with Crippen LogP contribution in [0.2, 0.25) is 0 Å². The quantitative estimate of drug-likeness (QED) is 0.389. The van der Waals surface area contributed by atoms with Gasteiger partial charge in [-0.2, -0.15) is 0 Å². The van der Waals surface area contributed by atoms with Gasteiger partial charge in [0.15, 0.2) is 11.8 Å². The normalized spacial score (nSPS) is 12.0. The van der Waals surface area contributed by atoms with Crippen molar-refractivity contribution in [1.82, 2.24) is 25.4 Å². The summed E-state index contributed by atoms with van der Waals surface area (Å²) >= 11 is 0. The van der Waals surface area contributed by atoms with Gasteiger partial charge in [0.05, 0.1) is 0 Å². The van der Waals surface area contributed by atoms with Gasteiger partial charge >= 0.3 is 0 Å². The van der Waals surface area contributed by atoms with E-state index in [1.54, 1.807) is 7.11 Å². The monoisotopic (exact) mass is 324 g/mol. The van der Waals surface area contributed by atoms with E-state index in [2.05, 4.69) is 39.7 Å². The summed E-state index contributed by atoms with van der Waals surface area (Å²) in [5.41, 5.74) is 0. The van der Waals surface area contributed by atoms with Gasteiger partial charge < -0.3 is 19.9 Å². The van der Waals surface area contributed by atoms with Crippen LogP contribution in [-0.4, -0.2) is 47.5 Å². The van der Waals surface area contributed by atoms with Gasteiger partial charge in [0.2, 0.25) is 0 Å². The lowest BCUT2D eigenvalue weighted by atomic mass is 10.1. The zero-order valence-corrected chi connectivity index (χ0v) is 15.2. The molecule has 0 aliphatic heterocycles. The Morgan fingerprint density at radius 1 is 1.22 bits per heavy atom. The first-order valence-corrected chi connectivity index (χ1v) is 8.40. The van der Waals surface area contributed by atoms with E-state index in [9.17, 15) is 0 Å². The molecule has 0 fully saturated rings. The average Bonchev–Trinajstić information content (AvgIpc) is 2.84. The molecule has 0 amide bonds. The van der Waals surface area contributed by atoms with Crippen molar-refractivity contribution in [1.29, 1.82) is 0 Å². The average molecular weight is 324 g/mol. The van der Waals surface area contributed by atoms with Crippen molar-refractivity contribution in [3.63, 3.8) is 0 Å². The van der Waals surface area contributed by atoms with Gasteiger partial charge in [0.25, 0.3) is 0 Å². The van der Waals surface area contributed by atoms with Crippen LogP contribution in [0, 0.1) is 12.8 Å². The second kappa shape index (κ2) is 11.0. The van der Waals surface area contributed by atoms with E-state index < -0.39 is 0 Å². The highest BCUT2D eigenvalue weighted by Gasteiger charge is 2.05. The summed E-state index contributed by atoms with van der Waals surface area (Å²) in [6, 6.07) is 0. The fourth-order valence-corrected chi connectivity index (χ4v) is 2.05. The molecule has 0 saturated heterocycles. The maximum atomic E-state index is 5.07. The third-order valence-corrected chi connectivity index (χ3v) is 3.63. The van der Waals surface area contributed by atoms with E-state index in [4.69, 9.17) is 4.74 Å². The highest BCUT2D eigenvalue weighted by atomic mass is 16.5. The molecule has 1 heterocycles. The smallest absolute Gasteiger partial charge is 0.191 e. The topological polar surface area (TPSA) is 76.4 Å². The maximum absolute atomic E-state index is 5.07. The Hall–Kier alpha value is -1.63. The summed E-state index contributed by atoms with van der Waals surface area (Å²) in [5.74, 6) is 3.32. The van der Waals surface area contributed by atoms with Crippen molar-refractivity contribution in [2.24, 2.45) is 18.0 Å². The van der Waals surface area contributed by atoms with Crippen LogP contribution in [0.3, 0.4) is 0 Å². The number of aliphatic imine (C=N–C) groups is 1. The van der Waals surface area contributed by atoms with E-state index in [1.165, 1.54) is 6.42 Å². The summed E-state index contributed by atoms with van der Waals surface area (Å²) in [7, 11) is 3.68. The number of ether oxygens (including phenoxy) is 1. The molecule has 0 unspecified atom stereocenters. The van der Waals surface area contributed by atoms with Gasteiger partial charge in [-0.3, -0.25) is 0 Å². The minimum Gasteiger partial charge on any atom is -0.385 e. The highest BCUT2D eigenvalue weighted by molar-refractivity contribution is 5.79. The number of hydrogen-bond acceptors (Lipinski definition) is 4. The minimum atomic E-state index is 0.515. The second-order valence-corrected chi connectivity index (χ2v) is 6.12. The van der Waals surface area contributed by atoms with Crippen molar-refractivity contribution >= 4 is 5.96 Å². The molecule has 0 bridgehead atoms. The standard InChI is InChI=1S/C16H32N6O/c1-13(2)8-6-9-17-16(18-10-7-11-23-5)19-12-15-21-20-14(3)22(15)4/h13H,6-12H2,1-5H3,(H2,17,18,19). The molecule has 0 spiro atoms. The molecule has 1 aromatic rings. The van der Waals surface area contributed by atoms with E-state index in [0.29, 0.717) is 6.54 Å². The largest absolute Gasteiger partial charge is 0.385 e. The Morgan fingerprint density at radius 2 is 1.91 bits per heavy atom. The predicted octanol–water partition coefficient (Wildman–Crippen LogP) is 1.63. The fourth-order valence-electron chi connectivity index (χ4n) is 2.05. The van der Waals surface area contributed by atoms with E-state index in [1.807, 2.05) is 18.5 Å². The molecule has 0 radical (unpaired) electrons. The number of aryl methyl sites for hydroxylation is 1. The zero-order valence-electron chi connectivity index (χ0n) is 15.2. The van der Waals surface area contributed by atoms with Crippen molar-refractivity contribution in [2.75, 3.05) is 26.8 Å². The van der Waals surface area contributed by atoms with Crippen molar-refractivity contribution in [2.45, 2.75) is 46.6 Å². The third kappa shape index (κ3) is 7.97. The predicted molar refractivity (Wildman–Crippen MR) is 93.4 cm³/mol. The molecular weight excluding hydrogens is 292 g/mol. The molecule has 0 aliphatic rings. The van der Waals surface area contributed by atoms with Crippen LogP contribution < -0.4 is 10.6 Å². The van der Waals surface area contributed by atoms with E-state index in [-0.39, 0.29) is 0 Å². The summed E-state index contributed by atoms with van der Waals surface area (Å²) in [4.78, 5) is 4.61. The van der Waals surface area contributed by atoms with Crippen LogP contribution in [0.15, 0.2) is 4.99 Å². The lowest BCUT2D eigenvalue weighted by Gasteiger charge is -2.13. The number of nitrogens with zero attached hydrogens (tertiary/aromatic N) is 4. The molecule has 0 aliphatic carbocycles. The van der Waals surface area contributed by atoms with Gasteiger partial charge in [0.1, 0.15) is 12.4 Å². The van der Waals surface area contributed by atoms with Crippen LogP contribution in [-0.2, 0) is 18.3 Å². The first-order valence-electron chi connectivity index (χ1n) is 8.40. The molecule has 0 atom stereocenters. The fraction of sp³-hybridized carbons (Fsp3) is 0.812. The van der Waals surface area contributed by atoms with Gasteiger partial charge in [-0.25, -0.2) is 4.99 Å². The number of aromatic nitrogens is 3. The Morgan fingerprint density at radius 3 is 2.48 bits per heavy atom. The minimum absolute atomic E-state index is 0.515. The number of guanidine groups is 1. The van der Waals surface area contributed by atoms with Crippen LogP contribution in [0.5, 0.6) is 0 Å². The first-order chi connectivity index (χ1) is 11.0. The third-order valence-electron chi connectivity index (χ3n) is 3.63. The summed E-state index contributed by atoms with van der Waals surface area (Å²) in [6.07, 6.45) is 3.30.